The number of fused-ring (bicyclic) bond motifs is 1. The maximum Gasteiger partial charge on any atom is 0.243 e. The van der Waals surface area contributed by atoms with E-state index >= 15 is 0 Å². The molecule has 186 valence electrons. The van der Waals surface area contributed by atoms with E-state index in [0.717, 1.165) is 41.0 Å². The number of anilines is 1. The summed E-state index contributed by atoms with van der Waals surface area (Å²) in [4.78, 5) is 5.07. The number of hydrogen-bond acceptors (Lipinski definition) is 6. The molecule has 0 spiro atoms. The molecule has 0 amide bonds. The third-order valence-electron chi connectivity index (χ3n) is 6.55. The Kier molecular flexibility index (Phi) is 6.92. The van der Waals surface area contributed by atoms with Crippen LogP contribution in [0.25, 0.3) is 16.9 Å². The average Bonchev–Trinajstić information content (AvgIpc) is 3.28. The second kappa shape index (κ2) is 10.1. The molecular formula is C25H27BClN5O3S. The maximum atomic E-state index is 13.2. The molecule has 3 heterocycles. The van der Waals surface area contributed by atoms with Gasteiger partial charge in [-0.05, 0) is 54.6 Å². The fourth-order valence-electron chi connectivity index (χ4n) is 4.56. The van der Waals surface area contributed by atoms with Crippen molar-refractivity contribution in [3.63, 3.8) is 0 Å². The molecule has 1 fully saturated rings. The molecule has 1 aliphatic heterocycles. The van der Waals surface area contributed by atoms with E-state index in [2.05, 4.69) is 10.4 Å². The molecule has 1 N–H and O–H groups in total. The van der Waals surface area contributed by atoms with E-state index in [-0.39, 0.29) is 10.8 Å². The van der Waals surface area contributed by atoms with Crippen molar-refractivity contribution in [2.45, 2.75) is 17.7 Å². The Labute approximate surface area is 216 Å². The first kappa shape index (κ1) is 24.6. The SMILES string of the molecule is Bc1cnn2c(NCC3CCCN(S(=O)(=O)c4ccc(OC)cc4)C3)cc(-c3ccccc3Cl)nc12. The highest BCUT2D eigenvalue weighted by Crippen LogP contribution is 2.29. The Hall–Kier alpha value is -3.08. The van der Waals surface area contributed by atoms with Gasteiger partial charge in [0, 0.05) is 42.5 Å². The number of ether oxygens (including phenoxy) is 1. The van der Waals surface area contributed by atoms with Crippen molar-refractivity contribution in [1.29, 1.82) is 0 Å². The van der Waals surface area contributed by atoms with Crippen molar-refractivity contribution in [3.05, 3.63) is 65.8 Å². The summed E-state index contributed by atoms with van der Waals surface area (Å²) in [6, 6.07) is 16.1. The van der Waals surface area contributed by atoms with Crippen LogP contribution in [-0.2, 0) is 10.0 Å². The van der Waals surface area contributed by atoms with Crippen LogP contribution in [0.2, 0.25) is 5.02 Å². The van der Waals surface area contributed by atoms with Gasteiger partial charge in [-0.2, -0.15) is 13.9 Å². The third-order valence-corrected chi connectivity index (χ3v) is 8.76. The molecule has 36 heavy (non-hydrogen) atoms. The van der Waals surface area contributed by atoms with Crippen molar-refractivity contribution in [2.24, 2.45) is 5.92 Å². The third kappa shape index (κ3) is 4.80. The Morgan fingerprint density at radius 2 is 1.97 bits per heavy atom. The van der Waals surface area contributed by atoms with Crippen LogP contribution in [-0.4, -0.2) is 61.9 Å². The predicted octanol–water partition coefficient (Wildman–Crippen LogP) is 2.83. The molecule has 5 rings (SSSR count). The molecule has 11 heteroatoms. The van der Waals surface area contributed by atoms with Gasteiger partial charge in [-0.15, -0.1) is 0 Å². The van der Waals surface area contributed by atoms with Gasteiger partial charge in [0.15, 0.2) is 5.65 Å². The summed E-state index contributed by atoms with van der Waals surface area (Å²) in [6.45, 7) is 1.57. The van der Waals surface area contributed by atoms with Gasteiger partial charge < -0.3 is 10.1 Å². The molecule has 1 aliphatic rings. The van der Waals surface area contributed by atoms with E-state index in [9.17, 15) is 8.42 Å². The minimum absolute atomic E-state index is 0.149. The fourth-order valence-corrected chi connectivity index (χ4v) is 6.35. The van der Waals surface area contributed by atoms with E-state index in [1.54, 1.807) is 46.4 Å². The molecule has 1 atom stereocenters. The van der Waals surface area contributed by atoms with Crippen LogP contribution in [0.5, 0.6) is 5.75 Å². The van der Waals surface area contributed by atoms with Gasteiger partial charge in [0.2, 0.25) is 10.0 Å². The Bertz CT molecular complexity index is 1490. The quantitative estimate of drug-likeness (QED) is 0.375. The number of methoxy groups -OCH3 is 1. The van der Waals surface area contributed by atoms with Crippen LogP contribution in [0.1, 0.15) is 12.8 Å². The lowest BCUT2D eigenvalue weighted by Crippen LogP contribution is -2.41. The maximum absolute atomic E-state index is 13.2. The normalized spacial score (nSPS) is 16.8. The summed E-state index contributed by atoms with van der Waals surface area (Å²) >= 11 is 6.45. The summed E-state index contributed by atoms with van der Waals surface area (Å²) in [5.41, 5.74) is 3.31. The minimum atomic E-state index is -3.57. The second-order valence-corrected chi connectivity index (χ2v) is 11.3. The number of rotatable bonds is 7. The van der Waals surface area contributed by atoms with Gasteiger partial charge in [0.05, 0.1) is 17.7 Å². The highest BCUT2D eigenvalue weighted by Gasteiger charge is 2.30. The molecule has 1 unspecified atom stereocenters. The second-order valence-electron chi connectivity index (χ2n) is 9.00. The molecule has 1 saturated heterocycles. The first-order chi connectivity index (χ1) is 17.4. The standard InChI is InChI=1S/C25H27BClN5O3S/c1-35-18-8-10-19(11-9-18)36(33,34)31-12-4-5-17(16-31)14-28-24-13-23(20-6-2-3-7-22(20)27)30-25-21(26)15-29-32(24)25/h2-3,6-11,13,15,17,28H,4-5,12,14,16,26H2,1H3. The van der Waals surface area contributed by atoms with Gasteiger partial charge in [0.1, 0.15) is 19.4 Å². The number of aromatic nitrogens is 3. The van der Waals surface area contributed by atoms with Gasteiger partial charge in [-0.3, -0.25) is 0 Å². The van der Waals surface area contributed by atoms with Crippen molar-refractivity contribution in [2.75, 3.05) is 32.1 Å². The summed E-state index contributed by atoms with van der Waals surface area (Å²) in [6.07, 6.45) is 3.53. The summed E-state index contributed by atoms with van der Waals surface area (Å²) in [5.74, 6) is 1.57. The predicted molar refractivity (Wildman–Crippen MR) is 145 cm³/mol. The highest BCUT2D eigenvalue weighted by molar-refractivity contribution is 7.89. The number of piperidine rings is 1. The van der Waals surface area contributed by atoms with E-state index < -0.39 is 10.0 Å². The van der Waals surface area contributed by atoms with E-state index in [0.29, 0.717) is 30.4 Å². The molecule has 0 aliphatic carbocycles. The lowest BCUT2D eigenvalue weighted by Gasteiger charge is -2.32. The Balaban J connectivity index is 1.36. The van der Waals surface area contributed by atoms with Gasteiger partial charge >= 0.3 is 0 Å². The van der Waals surface area contributed by atoms with Crippen LogP contribution >= 0.6 is 11.6 Å². The van der Waals surface area contributed by atoms with Gasteiger partial charge in [0.25, 0.3) is 0 Å². The van der Waals surface area contributed by atoms with Crippen molar-refractivity contribution < 1.29 is 13.2 Å². The molecule has 0 saturated carbocycles. The molecule has 8 nitrogen and oxygen atoms in total. The number of nitrogens with one attached hydrogen (secondary N) is 1. The van der Waals surface area contributed by atoms with Crippen LogP contribution < -0.4 is 15.5 Å². The van der Waals surface area contributed by atoms with E-state index in [1.807, 2.05) is 38.2 Å². The number of halogens is 1. The van der Waals surface area contributed by atoms with Crippen LogP contribution in [0, 0.1) is 5.92 Å². The van der Waals surface area contributed by atoms with Crippen LogP contribution in [0.3, 0.4) is 0 Å². The molecule has 4 aromatic rings. The van der Waals surface area contributed by atoms with Crippen LogP contribution in [0.4, 0.5) is 5.82 Å². The lowest BCUT2D eigenvalue weighted by atomic mass is 9.99. The Morgan fingerprint density at radius 1 is 1.19 bits per heavy atom. The summed E-state index contributed by atoms with van der Waals surface area (Å²) < 4.78 is 35.0. The van der Waals surface area contributed by atoms with E-state index in [1.165, 1.54) is 0 Å². The molecule has 0 bridgehead atoms. The Morgan fingerprint density at radius 3 is 2.72 bits per heavy atom. The zero-order chi connectivity index (χ0) is 25.3. The molecule has 2 aromatic carbocycles. The summed E-state index contributed by atoms with van der Waals surface area (Å²) in [5, 5.41) is 8.62. The number of sulfonamides is 1. The zero-order valence-corrected chi connectivity index (χ0v) is 21.8. The van der Waals surface area contributed by atoms with Gasteiger partial charge in [-0.1, -0.05) is 29.8 Å². The molecule has 0 radical (unpaired) electrons. The monoisotopic (exact) mass is 523 g/mol. The van der Waals surface area contributed by atoms with Crippen LogP contribution in [0.15, 0.2) is 65.7 Å². The van der Waals surface area contributed by atoms with Crippen molar-refractivity contribution >= 4 is 46.4 Å². The minimum Gasteiger partial charge on any atom is -0.497 e. The fraction of sp³-hybridized carbons (Fsp3) is 0.280. The number of hydrogen-bond donors (Lipinski definition) is 1. The molecule has 2 aromatic heterocycles. The zero-order valence-electron chi connectivity index (χ0n) is 20.2. The first-order valence-corrected chi connectivity index (χ1v) is 13.7. The highest BCUT2D eigenvalue weighted by atomic mass is 35.5. The lowest BCUT2D eigenvalue weighted by molar-refractivity contribution is 0.275. The average molecular weight is 524 g/mol. The first-order valence-electron chi connectivity index (χ1n) is 11.8. The smallest absolute Gasteiger partial charge is 0.243 e. The summed E-state index contributed by atoms with van der Waals surface area (Å²) in [7, 11) is -0.0434. The number of benzene rings is 2. The van der Waals surface area contributed by atoms with E-state index in [4.69, 9.17) is 21.3 Å². The molecular weight excluding hydrogens is 497 g/mol. The topological polar surface area (TPSA) is 88.8 Å². The largest absolute Gasteiger partial charge is 0.497 e. The van der Waals surface area contributed by atoms with Crippen molar-refractivity contribution in [3.8, 4) is 17.0 Å². The van der Waals surface area contributed by atoms with Crippen molar-refractivity contribution in [1.82, 2.24) is 18.9 Å². The van der Waals surface area contributed by atoms with Gasteiger partial charge in [-0.25, -0.2) is 13.4 Å². The number of nitrogens with zero attached hydrogens (tertiary/aromatic N) is 4.